The first-order valence-corrected chi connectivity index (χ1v) is 5.76. The summed E-state index contributed by atoms with van der Waals surface area (Å²) in [5.41, 5.74) is 0. The molecule has 0 spiro atoms. The molecule has 2 aliphatic rings. The van der Waals surface area contributed by atoms with Gasteiger partial charge in [0.05, 0.1) is 12.2 Å². The Morgan fingerprint density at radius 1 is 1.13 bits per heavy atom. The monoisotopic (exact) mass is 210 g/mol. The maximum atomic E-state index is 8.65. The third kappa shape index (κ3) is 2.94. The molecule has 3 atom stereocenters. The lowest BCUT2D eigenvalue weighted by molar-refractivity contribution is -0.108. The van der Waals surface area contributed by atoms with Crippen molar-refractivity contribution in [3.63, 3.8) is 0 Å². The summed E-state index contributed by atoms with van der Waals surface area (Å²) >= 11 is 0. The van der Waals surface area contributed by atoms with Crippen molar-refractivity contribution in [2.75, 3.05) is 13.2 Å². The summed E-state index contributed by atoms with van der Waals surface area (Å²) in [6, 6.07) is 0. The molecule has 1 N–H and O–H groups in total. The Morgan fingerprint density at radius 3 is 2.87 bits per heavy atom. The van der Waals surface area contributed by atoms with Crippen molar-refractivity contribution in [3.8, 4) is 11.8 Å². The van der Waals surface area contributed by atoms with Crippen molar-refractivity contribution < 1.29 is 14.6 Å². The van der Waals surface area contributed by atoms with Crippen molar-refractivity contribution >= 4 is 0 Å². The minimum atomic E-state index is -0.0789. The van der Waals surface area contributed by atoms with Gasteiger partial charge in [-0.05, 0) is 32.1 Å². The molecule has 0 saturated carbocycles. The Morgan fingerprint density at radius 2 is 2.00 bits per heavy atom. The first-order valence-electron chi connectivity index (χ1n) is 5.76. The number of aliphatic hydroxyl groups excluding tert-OH is 1. The van der Waals surface area contributed by atoms with Gasteiger partial charge in [0.15, 0.2) is 0 Å². The fourth-order valence-corrected chi connectivity index (χ4v) is 2.29. The van der Waals surface area contributed by atoms with Crippen molar-refractivity contribution in [1.29, 1.82) is 0 Å². The first kappa shape index (κ1) is 10.9. The van der Waals surface area contributed by atoms with Gasteiger partial charge >= 0.3 is 0 Å². The molecule has 2 saturated heterocycles. The van der Waals surface area contributed by atoms with E-state index in [1.54, 1.807) is 0 Å². The normalized spacial score (nSPS) is 35.9. The lowest BCUT2D eigenvalue weighted by Gasteiger charge is -2.30. The van der Waals surface area contributed by atoms with E-state index in [2.05, 4.69) is 11.8 Å². The van der Waals surface area contributed by atoms with Gasteiger partial charge in [0.25, 0.3) is 0 Å². The van der Waals surface area contributed by atoms with Gasteiger partial charge in [-0.15, -0.1) is 0 Å². The Balaban J connectivity index is 1.95. The number of fused-ring (bicyclic) bond motifs is 1. The van der Waals surface area contributed by atoms with Crippen molar-refractivity contribution in [2.45, 2.75) is 50.4 Å². The molecule has 0 aromatic carbocycles. The van der Waals surface area contributed by atoms with Crippen molar-refractivity contribution in [2.24, 2.45) is 0 Å². The maximum Gasteiger partial charge on any atom is 0.118 e. The average Bonchev–Trinajstić information content (AvgIpc) is 2.47. The van der Waals surface area contributed by atoms with E-state index < -0.39 is 0 Å². The molecule has 15 heavy (non-hydrogen) atoms. The van der Waals surface area contributed by atoms with E-state index in [-0.39, 0.29) is 24.9 Å². The zero-order valence-corrected chi connectivity index (χ0v) is 8.95. The zero-order chi connectivity index (χ0) is 10.5. The third-order valence-corrected chi connectivity index (χ3v) is 3.02. The van der Waals surface area contributed by atoms with Gasteiger partial charge in [0.2, 0.25) is 0 Å². The summed E-state index contributed by atoms with van der Waals surface area (Å²) in [7, 11) is 0. The second kappa shape index (κ2) is 5.50. The van der Waals surface area contributed by atoms with Gasteiger partial charge < -0.3 is 14.6 Å². The largest absolute Gasteiger partial charge is 0.384 e. The maximum absolute atomic E-state index is 8.65. The van der Waals surface area contributed by atoms with Crippen LogP contribution in [0.25, 0.3) is 0 Å². The third-order valence-electron chi connectivity index (χ3n) is 3.02. The molecule has 0 aliphatic carbocycles. The molecule has 0 bridgehead atoms. The smallest absolute Gasteiger partial charge is 0.118 e. The quantitative estimate of drug-likeness (QED) is 0.608. The Labute approximate surface area is 90.8 Å². The molecule has 2 aliphatic heterocycles. The molecule has 3 heteroatoms. The van der Waals surface area contributed by atoms with E-state index in [9.17, 15) is 0 Å². The molecule has 0 unspecified atom stereocenters. The van der Waals surface area contributed by atoms with E-state index in [1.165, 1.54) is 0 Å². The Kier molecular flexibility index (Phi) is 4.01. The lowest BCUT2D eigenvalue weighted by Crippen LogP contribution is -2.36. The summed E-state index contributed by atoms with van der Waals surface area (Å²) < 4.78 is 11.6. The number of ether oxygens (including phenoxy) is 2. The molecule has 84 valence electrons. The van der Waals surface area contributed by atoms with Gasteiger partial charge in [0.1, 0.15) is 12.7 Å². The second-order valence-electron chi connectivity index (χ2n) is 4.12. The highest BCUT2D eigenvalue weighted by atomic mass is 16.5. The number of hydrogen-bond donors (Lipinski definition) is 1. The van der Waals surface area contributed by atoms with Crippen LogP contribution < -0.4 is 0 Å². The van der Waals surface area contributed by atoms with E-state index in [1.807, 2.05) is 0 Å². The van der Waals surface area contributed by atoms with E-state index in [0.29, 0.717) is 0 Å². The van der Waals surface area contributed by atoms with Gasteiger partial charge in [0, 0.05) is 6.61 Å². The van der Waals surface area contributed by atoms with Crippen LogP contribution in [0.2, 0.25) is 0 Å². The summed E-state index contributed by atoms with van der Waals surface area (Å²) in [5.74, 6) is 5.65. The van der Waals surface area contributed by atoms with Crippen LogP contribution in [0, 0.1) is 11.8 Å². The van der Waals surface area contributed by atoms with Gasteiger partial charge in [-0.1, -0.05) is 11.8 Å². The van der Waals surface area contributed by atoms with Crippen LogP contribution in [0.15, 0.2) is 0 Å². The van der Waals surface area contributed by atoms with Crippen LogP contribution in [0.5, 0.6) is 0 Å². The molecular formula is C12H18O3. The number of hydrogen-bond acceptors (Lipinski definition) is 3. The van der Waals surface area contributed by atoms with Crippen LogP contribution in [-0.4, -0.2) is 36.6 Å². The highest BCUT2D eigenvalue weighted by molar-refractivity contribution is 5.06. The highest BCUT2D eigenvalue weighted by Crippen LogP contribution is 2.27. The minimum absolute atomic E-state index is 0.00569. The molecule has 2 heterocycles. The Hall–Kier alpha value is -0.560. The van der Waals surface area contributed by atoms with Crippen molar-refractivity contribution in [3.05, 3.63) is 0 Å². The average molecular weight is 210 g/mol. The van der Waals surface area contributed by atoms with Gasteiger partial charge in [-0.2, -0.15) is 0 Å². The minimum Gasteiger partial charge on any atom is -0.384 e. The Bertz CT molecular complexity index is 253. The van der Waals surface area contributed by atoms with Crippen molar-refractivity contribution in [1.82, 2.24) is 0 Å². The standard InChI is InChI=1S/C12H18O3/c13-8-2-5-10-4-1-6-11-12(15-10)7-3-9-14-11/h10-13H,1,3-4,6-9H2/t10-,11-,12+/m1/s1. The summed E-state index contributed by atoms with van der Waals surface area (Å²) in [5, 5.41) is 8.65. The molecular weight excluding hydrogens is 192 g/mol. The molecule has 3 nitrogen and oxygen atoms in total. The predicted molar refractivity (Wildman–Crippen MR) is 56.3 cm³/mol. The molecule has 0 aromatic heterocycles. The lowest BCUT2D eigenvalue weighted by atomic mass is 10.0. The summed E-state index contributed by atoms with van der Waals surface area (Å²) in [4.78, 5) is 0. The number of aliphatic hydroxyl groups is 1. The number of rotatable bonds is 0. The second-order valence-corrected chi connectivity index (χ2v) is 4.12. The molecule has 0 radical (unpaired) electrons. The molecule has 2 rings (SSSR count). The SMILES string of the molecule is OCC#C[C@H]1CCC[C@H]2OCCC[C@@H]2O1. The molecule has 0 aromatic rings. The van der Waals surface area contributed by atoms with Crippen LogP contribution in [0.3, 0.4) is 0 Å². The van der Waals surface area contributed by atoms with Gasteiger partial charge in [-0.3, -0.25) is 0 Å². The van der Waals surface area contributed by atoms with Crippen LogP contribution in [0.1, 0.15) is 32.1 Å². The molecule has 0 amide bonds. The first-order chi connectivity index (χ1) is 7.40. The van der Waals surface area contributed by atoms with Crippen LogP contribution in [-0.2, 0) is 9.47 Å². The van der Waals surface area contributed by atoms with E-state index in [0.717, 1.165) is 38.7 Å². The van der Waals surface area contributed by atoms with E-state index in [4.69, 9.17) is 14.6 Å². The van der Waals surface area contributed by atoms with Crippen LogP contribution in [0.4, 0.5) is 0 Å². The fourth-order valence-electron chi connectivity index (χ4n) is 2.29. The van der Waals surface area contributed by atoms with Gasteiger partial charge in [-0.25, -0.2) is 0 Å². The summed E-state index contributed by atoms with van der Waals surface area (Å²) in [6.45, 7) is 0.794. The predicted octanol–water partition coefficient (Wildman–Crippen LogP) is 1.10. The molecule has 2 fully saturated rings. The summed E-state index contributed by atoms with van der Waals surface area (Å²) in [6.07, 6.45) is 5.81. The topological polar surface area (TPSA) is 38.7 Å². The van der Waals surface area contributed by atoms with E-state index >= 15 is 0 Å². The zero-order valence-electron chi connectivity index (χ0n) is 8.95. The fraction of sp³-hybridized carbons (Fsp3) is 0.833. The highest BCUT2D eigenvalue weighted by Gasteiger charge is 2.31. The van der Waals surface area contributed by atoms with Crippen LogP contribution >= 0.6 is 0 Å².